The van der Waals surface area contributed by atoms with Crippen LogP contribution in [0.15, 0.2) is 36.1 Å². The van der Waals surface area contributed by atoms with Crippen LogP contribution in [0.2, 0.25) is 0 Å². The largest absolute Gasteiger partial charge is 0.478 e. The van der Waals surface area contributed by atoms with Crippen LogP contribution in [0.3, 0.4) is 0 Å². The zero-order valence-corrected chi connectivity index (χ0v) is 10.1. The van der Waals surface area contributed by atoms with E-state index >= 15 is 0 Å². The molecule has 0 saturated heterocycles. The van der Waals surface area contributed by atoms with E-state index in [0.717, 1.165) is 16.0 Å². The number of carbonyl (C=O) groups is 1. The first kappa shape index (κ1) is 10.9. The van der Waals surface area contributed by atoms with Gasteiger partial charge in [-0.05, 0) is 18.2 Å². The van der Waals surface area contributed by atoms with Crippen LogP contribution < -0.4 is 0 Å². The molecule has 6 heteroatoms. The maximum atomic E-state index is 11.0. The topological polar surface area (TPSA) is 68.0 Å². The number of rotatable bonds is 3. The Morgan fingerprint density at radius 3 is 3.00 bits per heavy atom. The Balaban J connectivity index is 2.06. The Kier molecular flexibility index (Phi) is 2.56. The monoisotopic (exact) mass is 259 g/mol. The number of nitrogens with zero attached hydrogens (tertiary/aromatic N) is 3. The fraction of sp³-hybridized carbons (Fsp3) is 0.0833. The van der Waals surface area contributed by atoms with E-state index in [9.17, 15) is 4.79 Å². The first-order valence-electron chi connectivity index (χ1n) is 5.30. The van der Waals surface area contributed by atoms with Gasteiger partial charge < -0.3 is 9.67 Å². The molecular weight excluding hydrogens is 250 g/mol. The molecule has 0 aliphatic rings. The van der Waals surface area contributed by atoms with Crippen LogP contribution in [-0.2, 0) is 6.54 Å². The average Bonchev–Trinajstić information content (AvgIpc) is 2.99. The molecule has 0 amide bonds. The molecule has 1 N–H and O–H groups in total. The summed E-state index contributed by atoms with van der Waals surface area (Å²) in [7, 11) is 0. The lowest BCUT2D eigenvalue weighted by atomic mass is 10.2. The molecule has 0 unspecified atom stereocenters. The highest BCUT2D eigenvalue weighted by molar-refractivity contribution is 7.09. The summed E-state index contributed by atoms with van der Waals surface area (Å²) in [6.45, 7) is 0.608. The van der Waals surface area contributed by atoms with Crippen molar-refractivity contribution < 1.29 is 9.90 Å². The number of imidazole rings is 1. The molecule has 2 heterocycles. The summed E-state index contributed by atoms with van der Waals surface area (Å²) in [4.78, 5) is 19.4. The van der Waals surface area contributed by atoms with Gasteiger partial charge in [0, 0.05) is 11.6 Å². The zero-order valence-electron chi connectivity index (χ0n) is 9.28. The van der Waals surface area contributed by atoms with Crippen molar-refractivity contribution in [3.05, 3.63) is 46.7 Å². The minimum Gasteiger partial charge on any atom is -0.478 e. The SMILES string of the molecule is O=C(O)c1ccc2ncn(Cc3nccs3)c2c1. The number of carboxylic acids is 1. The highest BCUT2D eigenvalue weighted by atomic mass is 32.1. The zero-order chi connectivity index (χ0) is 12.5. The van der Waals surface area contributed by atoms with Gasteiger partial charge in [0.15, 0.2) is 0 Å². The van der Waals surface area contributed by atoms with E-state index < -0.39 is 5.97 Å². The molecule has 0 saturated carbocycles. The van der Waals surface area contributed by atoms with Crippen molar-refractivity contribution in [3.8, 4) is 0 Å². The molecule has 0 radical (unpaired) electrons. The van der Waals surface area contributed by atoms with E-state index in [1.54, 1.807) is 42.1 Å². The summed E-state index contributed by atoms with van der Waals surface area (Å²) in [5.74, 6) is -0.932. The molecule has 5 nitrogen and oxygen atoms in total. The number of aromatic carboxylic acids is 1. The maximum Gasteiger partial charge on any atom is 0.335 e. The third-order valence-electron chi connectivity index (χ3n) is 2.66. The molecule has 0 aliphatic heterocycles. The predicted molar refractivity (Wildman–Crippen MR) is 67.9 cm³/mol. The molecule has 3 aromatic rings. The van der Waals surface area contributed by atoms with Gasteiger partial charge in [0.25, 0.3) is 0 Å². The number of thiazole rings is 1. The van der Waals surface area contributed by atoms with Crippen LogP contribution >= 0.6 is 11.3 Å². The van der Waals surface area contributed by atoms with E-state index in [4.69, 9.17) is 5.11 Å². The third-order valence-corrected chi connectivity index (χ3v) is 3.42. The molecule has 3 rings (SSSR count). The number of hydrogen-bond acceptors (Lipinski definition) is 4. The van der Waals surface area contributed by atoms with Gasteiger partial charge in [0.1, 0.15) is 5.01 Å². The summed E-state index contributed by atoms with van der Waals surface area (Å²) in [6, 6.07) is 4.92. The summed E-state index contributed by atoms with van der Waals surface area (Å²) in [6.07, 6.45) is 3.46. The van der Waals surface area contributed by atoms with Gasteiger partial charge in [0.05, 0.1) is 29.5 Å². The minimum absolute atomic E-state index is 0.267. The van der Waals surface area contributed by atoms with Crippen molar-refractivity contribution in [2.75, 3.05) is 0 Å². The van der Waals surface area contributed by atoms with Crippen LogP contribution in [0.1, 0.15) is 15.4 Å². The smallest absolute Gasteiger partial charge is 0.335 e. The van der Waals surface area contributed by atoms with E-state index in [-0.39, 0.29) is 5.56 Å². The van der Waals surface area contributed by atoms with E-state index in [0.29, 0.717) is 6.54 Å². The molecule has 0 spiro atoms. The Morgan fingerprint density at radius 1 is 1.39 bits per heavy atom. The normalized spacial score (nSPS) is 10.9. The Morgan fingerprint density at radius 2 is 2.28 bits per heavy atom. The lowest BCUT2D eigenvalue weighted by Crippen LogP contribution is -1.99. The second-order valence-corrected chi connectivity index (χ2v) is 4.79. The van der Waals surface area contributed by atoms with Gasteiger partial charge in [-0.1, -0.05) is 0 Å². The average molecular weight is 259 g/mol. The Labute approximate surface area is 106 Å². The lowest BCUT2D eigenvalue weighted by Gasteiger charge is -2.02. The summed E-state index contributed by atoms with van der Waals surface area (Å²) in [5.41, 5.74) is 1.87. The van der Waals surface area contributed by atoms with Gasteiger partial charge in [-0.2, -0.15) is 0 Å². The molecule has 18 heavy (non-hydrogen) atoms. The highest BCUT2D eigenvalue weighted by Crippen LogP contribution is 2.17. The van der Waals surface area contributed by atoms with Gasteiger partial charge in [-0.3, -0.25) is 0 Å². The minimum atomic E-state index is -0.932. The second-order valence-electron chi connectivity index (χ2n) is 3.81. The Bertz CT molecular complexity index is 703. The summed E-state index contributed by atoms with van der Waals surface area (Å²) >= 11 is 1.56. The Hall–Kier alpha value is -2.21. The summed E-state index contributed by atoms with van der Waals surface area (Å²) < 4.78 is 1.90. The third kappa shape index (κ3) is 1.86. The molecule has 90 valence electrons. The molecule has 0 aliphatic carbocycles. The lowest BCUT2D eigenvalue weighted by molar-refractivity contribution is 0.0697. The van der Waals surface area contributed by atoms with Gasteiger partial charge in [-0.15, -0.1) is 11.3 Å². The van der Waals surface area contributed by atoms with Gasteiger partial charge >= 0.3 is 5.97 Å². The molecule has 1 aromatic carbocycles. The number of fused-ring (bicyclic) bond motifs is 1. The van der Waals surface area contributed by atoms with Crippen molar-refractivity contribution >= 4 is 28.3 Å². The van der Waals surface area contributed by atoms with Crippen LogP contribution in [0.25, 0.3) is 11.0 Å². The van der Waals surface area contributed by atoms with Gasteiger partial charge in [-0.25, -0.2) is 14.8 Å². The van der Waals surface area contributed by atoms with E-state index in [2.05, 4.69) is 9.97 Å². The first-order chi connectivity index (χ1) is 8.74. The van der Waals surface area contributed by atoms with Crippen LogP contribution in [-0.4, -0.2) is 25.6 Å². The molecule has 2 aromatic heterocycles. The van der Waals surface area contributed by atoms with Gasteiger partial charge in [0.2, 0.25) is 0 Å². The molecule has 0 fully saturated rings. The van der Waals surface area contributed by atoms with Crippen molar-refractivity contribution in [2.24, 2.45) is 0 Å². The van der Waals surface area contributed by atoms with Crippen LogP contribution in [0.5, 0.6) is 0 Å². The quantitative estimate of drug-likeness (QED) is 0.783. The number of benzene rings is 1. The molecule has 0 atom stereocenters. The van der Waals surface area contributed by atoms with Crippen molar-refractivity contribution in [1.82, 2.24) is 14.5 Å². The fourth-order valence-electron chi connectivity index (χ4n) is 1.79. The maximum absolute atomic E-state index is 11.0. The van der Waals surface area contributed by atoms with Crippen LogP contribution in [0, 0.1) is 0 Å². The number of hydrogen-bond donors (Lipinski definition) is 1. The fourth-order valence-corrected chi connectivity index (χ4v) is 2.41. The van der Waals surface area contributed by atoms with E-state index in [1.807, 2.05) is 9.95 Å². The van der Waals surface area contributed by atoms with Crippen molar-refractivity contribution in [1.29, 1.82) is 0 Å². The highest BCUT2D eigenvalue weighted by Gasteiger charge is 2.08. The standard InChI is InChI=1S/C12H9N3O2S/c16-12(17)8-1-2-9-10(5-8)15(7-14-9)6-11-13-3-4-18-11/h1-5,7H,6H2,(H,16,17). The van der Waals surface area contributed by atoms with Crippen molar-refractivity contribution in [3.63, 3.8) is 0 Å². The van der Waals surface area contributed by atoms with E-state index in [1.165, 1.54) is 0 Å². The molecular formula is C12H9N3O2S. The van der Waals surface area contributed by atoms with Crippen LogP contribution in [0.4, 0.5) is 0 Å². The predicted octanol–water partition coefficient (Wildman–Crippen LogP) is 2.24. The second kappa shape index (κ2) is 4.23. The summed E-state index contributed by atoms with van der Waals surface area (Å²) in [5, 5.41) is 11.9. The molecule has 0 bridgehead atoms. The number of carboxylic acid groups (broad SMARTS) is 1. The van der Waals surface area contributed by atoms with Crippen molar-refractivity contribution in [2.45, 2.75) is 6.54 Å². The first-order valence-corrected chi connectivity index (χ1v) is 6.18. The number of aromatic nitrogens is 3.